The average molecular weight is 346 g/mol. The summed E-state index contributed by atoms with van der Waals surface area (Å²) < 4.78 is 0. The van der Waals surface area contributed by atoms with E-state index in [1.807, 2.05) is 45.3 Å². The van der Waals surface area contributed by atoms with Crippen molar-refractivity contribution in [3.63, 3.8) is 0 Å². The van der Waals surface area contributed by atoms with E-state index in [0.29, 0.717) is 12.2 Å². The van der Waals surface area contributed by atoms with E-state index in [-0.39, 0.29) is 11.0 Å². The highest BCUT2D eigenvalue weighted by Crippen LogP contribution is 2.23. The lowest BCUT2D eigenvalue weighted by molar-refractivity contribution is -0.130. The molecule has 0 saturated carbocycles. The van der Waals surface area contributed by atoms with Crippen LogP contribution in [0, 0.1) is 12.8 Å². The molecule has 0 aliphatic carbocycles. The fourth-order valence-corrected chi connectivity index (χ4v) is 2.71. The number of hydrogen-bond acceptors (Lipinski definition) is 5. The molecule has 7 heteroatoms. The van der Waals surface area contributed by atoms with Crippen molar-refractivity contribution in [1.82, 2.24) is 10.2 Å². The van der Waals surface area contributed by atoms with Crippen molar-refractivity contribution >= 4 is 41.0 Å². The Bertz CT molecular complexity index is 672. The number of anilines is 1. The van der Waals surface area contributed by atoms with E-state index in [4.69, 9.17) is 12.2 Å². The van der Waals surface area contributed by atoms with Crippen LogP contribution in [0.5, 0.6) is 0 Å². The van der Waals surface area contributed by atoms with Gasteiger partial charge in [0.05, 0.1) is 5.69 Å². The Balaban J connectivity index is 2.14. The molecule has 1 aliphatic rings. The molecular weight excluding hydrogens is 324 g/mol. The summed E-state index contributed by atoms with van der Waals surface area (Å²) in [5.41, 5.74) is 1.59. The van der Waals surface area contributed by atoms with Crippen LogP contribution >= 0.6 is 12.2 Å². The number of amides is 2. The van der Waals surface area contributed by atoms with Gasteiger partial charge in [0.15, 0.2) is 11.0 Å². The lowest BCUT2D eigenvalue weighted by Crippen LogP contribution is -2.58. The molecule has 2 rings (SSSR count). The fraction of sp³-hybridized carbons (Fsp3) is 0.412. The molecule has 1 atom stereocenters. The Kier molecular flexibility index (Phi) is 6.16. The number of nitrogens with one attached hydrogen (secondary N) is 1. The standard InChI is InChI=1S/C17H22N4O2S/c1-12-7-4-5-8-14(12)21-16(23)13(15(22)19-17(21)24)11-18-9-6-10-20(2)3/h4-5,7-8,11,13H,6,9-10H2,1-3H3,(H,19,22,24)/t13-/m1/s1. The number of para-hydroxylation sites is 1. The molecule has 1 aliphatic heterocycles. The van der Waals surface area contributed by atoms with Gasteiger partial charge in [-0.2, -0.15) is 0 Å². The molecule has 0 spiro atoms. The monoisotopic (exact) mass is 346 g/mol. The van der Waals surface area contributed by atoms with Crippen LogP contribution in [0.4, 0.5) is 5.69 Å². The highest BCUT2D eigenvalue weighted by atomic mass is 32.1. The maximum Gasteiger partial charge on any atom is 0.251 e. The van der Waals surface area contributed by atoms with Crippen LogP contribution in [0.25, 0.3) is 0 Å². The maximum atomic E-state index is 12.7. The van der Waals surface area contributed by atoms with Gasteiger partial charge in [0.2, 0.25) is 5.91 Å². The van der Waals surface area contributed by atoms with Crippen molar-refractivity contribution < 1.29 is 9.59 Å². The van der Waals surface area contributed by atoms with Crippen molar-refractivity contribution in [2.45, 2.75) is 13.3 Å². The predicted octanol–water partition coefficient (Wildman–Crippen LogP) is 1.38. The summed E-state index contributed by atoms with van der Waals surface area (Å²) in [6.07, 6.45) is 2.30. The van der Waals surface area contributed by atoms with Gasteiger partial charge in [-0.15, -0.1) is 0 Å². The number of aliphatic imine (C=N–C) groups is 1. The molecule has 24 heavy (non-hydrogen) atoms. The van der Waals surface area contributed by atoms with Crippen LogP contribution in [0.3, 0.4) is 0 Å². The van der Waals surface area contributed by atoms with Crippen LogP contribution in [0.15, 0.2) is 29.3 Å². The normalized spacial score (nSPS) is 18.6. The molecule has 128 valence electrons. The summed E-state index contributed by atoms with van der Waals surface area (Å²) in [4.78, 5) is 32.5. The van der Waals surface area contributed by atoms with Gasteiger partial charge < -0.3 is 10.2 Å². The molecule has 0 radical (unpaired) electrons. The summed E-state index contributed by atoms with van der Waals surface area (Å²) in [7, 11) is 3.98. The van der Waals surface area contributed by atoms with Gasteiger partial charge in [-0.05, 0) is 57.8 Å². The molecule has 1 heterocycles. The van der Waals surface area contributed by atoms with E-state index in [0.717, 1.165) is 18.5 Å². The molecule has 0 unspecified atom stereocenters. The molecule has 1 aromatic carbocycles. The molecule has 2 amide bonds. The first kappa shape index (κ1) is 18.2. The zero-order valence-electron chi connectivity index (χ0n) is 14.2. The maximum absolute atomic E-state index is 12.7. The van der Waals surface area contributed by atoms with E-state index in [2.05, 4.69) is 15.2 Å². The third-order valence-corrected chi connectivity index (χ3v) is 3.99. The number of carbonyl (C=O) groups excluding carboxylic acids is 2. The van der Waals surface area contributed by atoms with Gasteiger partial charge in [-0.3, -0.25) is 19.5 Å². The first-order valence-electron chi connectivity index (χ1n) is 7.81. The smallest absolute Gasteiger partial charge is 0.251 e. The van der Waals surface area contributed by atoms with E-state index in [1.165, 1.54) is 11.1 Å². The summed E-state index contributed by atoms with van der Waals surface area (Å²) in [5.74, 6) is -1.74. The van der Waals surface area contributed by atoms with Gasteiger partial charge in [0.1, 0.15) is 0 Å². The summed E-state index contributed by atoms with van der Waals surface area (Å²) in [6.45, 7) is 3.37. The number of thiocarbonyl (C=S) groups is 1. The number of aryl methyl sites for hydroxylation is 1. The Morgan fingerprint density at radius 1 is 1.33 bits per heavy atom. The minimum atomic E-state index is -0.948. The SMILES string of the molecule is Cc1ccccc1N1C(=O)[C@H](C=NCCCN(C)C)C(=O)NC1=S. The predicted molar refractivity (Wildman–Crippen MR) is 99.4 cm³/mol. The van der Waals surface area contributed by atoms with Crippen LogP contribution < -0.4 is 10.2 Å². The highest BCUT2D eigenvalue weighted by Gasteiger charge is 2.38. The third kappa shape index (κ3) is 4.24. The lowest BCUT2D eigenvalue weighted by atomic mass is 10.0. The second kappa shape index (κ2) is 8.12. The van der Waals surface area contributed by atoms with E-state index >= 15 is 0 Å². The second-order valence-electron chi connectivity index (χ2n) is 5.94. The zero-order valence-corrected chi connectivity index (χ0v) is 15.0. The topological polar surface area (TPSA) is 65.0 Å². The number of rotatable bonds is 6. The third-order valence-electron chi connectivity index (χ3n) is 3.71. The van der Waals surface area contributed by atoms with Crippen molar-refractivity contribution in [2.24, 2.45) is 10.9 Å². The molecule has 1 N–H and O–H groups in total. The summed E-state index contributed by atoms with van der Waals surface area (Å²) in [6, 6.07) is 7.42. The van der Waals surface area contributed by atoms with E-state index < -0.39 is 11.8 Å². The Morgan fingerprint density at radius 3 is 2.71 bits per heavy atom. The molecule has 1 saturated heterocycles. The molecule has 1 fully saturated rings. The van der Waals surface area contributed by atoms with Crippen molar-refractivity contribution in [1.29, 1.82) is 0 Å². The first-order chi connectivity index (χ1) is 11.4. The van der Waals surface area contributed by atoms with Crippen molar-refractivity contribution in [3.05, 3.63) is 29.8 Å². The molecule has 0 bridgehead atoms. The van der Waals surface area contributed by atoms with E-state index in [9.17, 15) is 9.59 Å². The van der Waals surface area contributed by atoms with Gasteiger partial charge in [-0.25, -0.2) is 0 Å². The fourth-order valence-electron chi connectivity index (χ4n) is 2.42. The van der Waals surface area contributed by atoms with E-state index in [1.54, 1.807) is 0 Å². The number of carbonyl (C=O) groups is 2. The number of benzene rings is 1. The summed E-state index contributed by atoms with van der Waals surface area (Å²) in [5, 5.41) is 2.70. The van der Waals surface area contributed by atoms with Crippen LogP contribution in [-0.2, 0) is 9.59 Å². The quantitative estimate of drug-likeness (QED) is 0.366. The van der Waals surface area contributed by atoms with Crippen LogP contribution in [-0.4, -0.2) is 55.2 Å². The van der Waals surface area contributed by atoms with Crippen molar-refractivity contribution in [3.8, 4) is 0 Å². The number of hydrogen-bond donors (Lipinski definition) is 1. The molecule has 0 aromatic heterocycles. The van der Waals surface area contributed by atoms with Crippen LogP contribution in [0.2, 0.25) is 0 Å². The average Bonchev–Trinajstić information content (AvgIpc) is 2.51. The van der Waals surface area contributed by atoms with Gasteiger partial charge in [0.25, 0.3) is 5.91 Å². The zero-order chi connectivity index (χ0) is 17.7. The Hall–Kier alpha value is -2.12. The second-order valence-corrected chi connectivity index (χ2v) is 6.33. The molecule has 1 aromatic rings. The highest BCUT2D eigenvalue weighted by molar-refractivity contribution is 7.80. The lowest BCUT2D eigenvalue weighted by Gasteiger charge is -2.31. The van der Waals surface area contributed by atoms with Gasteiger partial charge in [0, 0.05) is 12.8 Å². The summed E-state index contributed by atoms with van der Waals surface area (Å²) >= 11 is 5.18. The minimum absolute atomic E-state index is 0.108. The van der Waals surface area contributed by atoms with Gasteiger partial charge >= 0.3 is 0 Å². The van der Waals surface area contributed by atoms with Crippen LogP contribution in [0.1, 0.15) is 12.0 Å². The molecule has 6 nitrogen and oxygen atoms in total. The first-order valence-corrected chi connectivity index (χ1v) is 8.21. The Morgan fingerprint density at radius 2 is 2.04 bits per heavy atom. The minimum Gasteiger partial charge on any atom is -0.309 e. The number of nitrogens with zero attached hydrogens (tertiary/aromatic N) is 3. The Labute approximate surface area is 147 Å². The van der Waals surface area contributed by atoms with Gasteiger partial charge in [-0.1, -0.05) is 18.2 Å². The molecular formula is C17H22N4O2S. The largest absolute Gasteiger partial charge is 0.309 e. The van der Waals surface area contributed by atoms with Crippen molar-refractivity contribution in [2.75, 3.05) is 32.1 Å².